The maximum absolute atomic E-state index is 11.7. The van der Waals surface area contributed by atoms with Gasteiger partial charge in [-0.1, -0.05) is 20.3 Å². The first kappa shape index (κ1) is 16.6. The summed E-state index contributed by atoms with van der Waals surface area (Å²) < 4.78 is 9.25. The maximum atomic E-state index is 11.7. The van der Waals surface area contributed by atoms with Crippen LogP contribution in [-0.2, 0) is 28.7 Å². The largest absolute Gasteiger partial charge is 0.393 e. The van der Waals surface area contributed by atoms with Crippen LogP contribution in [0.4, 0.5) is 0 Å². The van der Waals surface area contributed by atoms with Gasteiger partial charge in [0.2, 0.25) is 0 Å². The lowest BCUT2D eigenvalue weighted by Crippen LogP contribution is -2.46. The highest BCUT2D eigenvalue weighted by atomic mass is 16.6. The van der Waals surface area contributed by atoms with Crippen molar-refractivity contribution >= 4 is 23.9 Å². The molecular formula is C16H22O6. The molecule has 6 heteroatoms. The molecule has 2 aliphatic heterocycles. The molecule has 0 aromatic heterocycles. The van der Waals surface area contributed by atoms with E-state index in [4.69, 9.17) is 0 Å². The summed E-state index contributed by atoms with van der Waals surface area (Å²) in [5.74, 6) is -2.43. The Hall–Kier alpha value is -1.72. The van der Waals surface area contributed by atoms with Gasteiger partial charge in [-0.05, 0) is 30.1 Å². The van der Waals surface area contributed by atoms with Gasteiger partial charge in [0.25, 0.3) is 0 Å². The average molecular weight is 310 g/mol. The number of hydrogen-bond donors (Lipinski definition) is 0. The number of carbonyl (C=O) groups is 4. The molecule has 2 fully saturated rings. The number of rotatable bonds is 5. The maximum Gasteiger partial charge on any atom is 0.313 e. The van der Waals surface area contributed by atoms with Gasteiger partial charge in [0.15, 0.2) is 0 Å². The molecule has 0 N–H and O–H groups in total. The van der Waals surface area contributed by atoms with Crippen LogP contribution in [0.1, 0.15) is 58.8 Å². The highest BCUT2D eigenvalue weighted by Crippen LogP contribution is 2.51. The fourth-order valence-corrected chi connectivity index (χ4v) is 4.14. The molecule has 0 spiro atoms. The van der Waals surface area contributed by atoms with E-state index in [1.807, 2.05) is 13.8 Å². The molecule has 2 aliphatic rings. The summed E-state index contributed by atoms with van der Waals surface area (Å²) in [6.07, 6.45) is 2.99. The third kappa shape index (κ3) is 3.20. The van der Waals surface area contributed by atoms with E-state index in [0.717, 1.165) is 12.8 Å². The van der Waals surface area contributed by atoms with E-state index in [2.05, 4.69) is 9.47 Å². The van der Waals surface area contributed by atoms with E-state index in [9.17, 15) is 19.2 Å². The second-order valence-corrected chi connectivity index (χ2v) is 6.24. The van der Waals surface area contributed by atoms with Crippen LogP contribution >= 0.6 is 0 Å². The molecule has 2 heterocycles. The van der Waals surface area contributed by atoms with Crippen LogP contribution in [0.3, 0.4) is 0 Å². The molecular weight excluding hydrogens is 288 g/mol. The summed E-state index contributed by atoms with van der Waals surface area (Å²) in [7, 11) is 0. The third-order valence-electron chi connectivity index (χ3n) is 5.11. The molecule has 2 rings (SSSR count). The monoisotopic (exact) mass is 310 g/mol. The minimum Gasteiger partial charge on any atom is -0.393 e. The molecule has 22 heavy (non-hydrogen) atoms. The summed E-state index contributed by atoms with van der Waals surface area (Å²) in [5.41, 5.74) is -0.390. The zero-order valence-corrected chi connectivity index (χ0v) is 13.1. The van der Waals surface area contributed by atoms with Gasteiger partial charge in [-0.25, -0.2) is 0 Å². The third-order valence-corrected chi connectivity index (χ3v) is 5.11. The first-order valence-electron chi connectivity index (χ1n) is 7.88. The van der Waals surface area contributed by atoms with Gasteiger partial charge >= 0.3 is 23.9 Å². The molecule has 0 unspecified atom stereocenters. The van der Waals surface area contributed by atoms with Crippen LogP contribution in [-0.4, -0.2) is 23.9 Å². The lowest BCUT2D eigenvalue weighted by Gasteiger charge is -2.47. The number of hydrogen-bond acceptors (Lipinski definition) is 6. The van der Waals surface area contributed by atoms with Crippen molar-refractivity contribution in [3.8, 4) is 0 Å². The minimum atomic E-state index is -0.514. The molecule has 2 saturated heterocycles. The zero-order chi connectivity index (χ0) is 16.3. The van der Waals surface area contributed by atoms with Crippen LogP contribution in [0.25, 0.3) is 0 Å². The molecule has 0 amide bonds. The van der Waals surface area contributed by atoms with Crippen molar-refractivity contribution in [2.75, 3.05) is 0 Å². The average Bonchev–Trinajstić information content (AvgIpc) is 2.42. The second kappa shape index (κ2) is 6.58. The van der Waals surface area contributed by atoms with Gasteiger partial charge in [0, 0.05) is 25.7 Å². The molecule has 0 atom stereocenters. The van der Waals surface area contributed by atoms with Crippen molar-refractivity contribution in [3.05, 3.63) is 0 Å². The number of cyclic esters (lactones) is 4. The topological polar surface area (TPSA) is 86.7 Å². The predicted octanol–water partition coefficient (Wildman–Crippen LogP) is 2.14. The Morgan fingerprint density at radius 1 is 0.818 bits per heavy atom. The van der Waals surface area contributed by atoms with E-state index in [1.165, 1.54) is 0 Å². The van der Waals surface area contributed by atoms with Crippen molar-refractivity contribution in [1.82, 2.24) is 0 Å². The molecule has 0 aromatic rings. The first-order chi connectivity index (χ1) is 10.4. The Labute approximate surface area is 129 Å². The molecule has 0 saturated carbocycles. The minimum absolute atomic E-state index is 0.166. The van der Waals surface area contributed by atoms with E-state index in [1.54, 1.807) is 0 Å². The molecule has 6 nitrogen and oxygen atoms in total. The van der Waals surface area contributed by atoms with E-state index in [0.29, 0.717) is 6.42 Å². The highest BCUT2D eigenvalue weighted by molar-refractivity contribution is 5.89. The van der Waals surface area contributed by atoms with Crippen LogP contribution in [0.2, 0.25) is 0 Å². The smallest absolute Gasteiger partial charge is 0.313 e. The Morgan fingerprint density at radius 3 is 1.45 bits per heavy atom. The summed E-state index contributed by atoms with van der Waals surface area (Å²) >= 11 is 0. The van der Waals surface area contributed by atoms with Crippen molar-refractivity contribution in [1.29, 1.82) is 0 Å². The quantitative estimate of drug-likeness (QED) is 0.571. The molecule has 0 aromatic carbocycles. The second-order valence-electron chi connectivity index (χ2n) is 6.24. The van der Waals surface area contributed by atoms with Crippen molar-refractivity contribution in [3.63, 3.8) is 0 Å². The fourth-order valence-electron chi connectivity index (χ4n) is 4.14. The van der Waals surface area contributed by atoms with E-state index >= 15 is 0 Å². The van der Waals surface area contributed by atoms with Crippen LogP contribution in [0.5, 0.6) is 0 Å². The standard InChI is InChI=1S/C16H22O6/c1-3-5-16(4-2,10-6-12(17)21-13(18)7-10)11-8-14(19)22-15(20)9-11/h10-11H,3-9H2,1-2H3. The number of esters is 4. The molecule has 122 valence electrons. The molecule has 0 radical (unpaired) electrons. The Morgan fingerprint density at radius 2 is 1.18 bits per heavy atom. The zero-order valence-electron chi connectivity index (χ0n) is 13.1. The Bertz CT molecular complexity index is 425. The number of carbonyl (C=O) groups excluding carboxylic acids is 4. The predicted molar refractivity (Wildman–Crippen MR) is 75.3 cm³/mol. The molecule has 0 bridgehead atoms. The SMILES string of the molecule is CCCC(CC)(C1CC(=O)OC(=O)C1)C1CC(=O)OC(=O)C1. The van der Waals surface area contributed by atoms with Crippen LogP contribution < -0.4 is 0 Å². The van der Waals surface area contributed by atoms with Gasteiger partial charge in [-0.15, -0.1) is 0 Å². The Balaban J connectivity index is 2.33. The first-order valence-corrected chi connectivity index (χ1v) is 7.88. The fraction of sp³-hybridized carbons (Fsp3) is 0.750. The van der Waals surface area contributed by atoms with E-state index in [-0.39, 0.29) is 42.9 Å². The normalized spacial score (nSPS) is 21.7. The van der Waals surface area contributed by atoms with E-state index < -0.39 is 23.9 Å². The van der Waals surface area contributed by atoms with Gasteiger partial charge in [-0.3, -0.25) is 19.2 Å². The van der Waals surface area contributed by atoms with Crippen molar-refractivity contribution < 1.29 is 28.7 Å². The van der Waals surface area contributed by atoms with Gasteiger partial charge < -0.3 is 9.47 Å². The number of ether oxygens (including phenoxy) is 2. The summed E-state index contributed by atoms with van der Waals surface area (Å²) in [4.78, 5) is 46.6. The summed E-state index contributed by atoms with van der Waals surface area (Å²) in [6, 6.07) is 0. The van der Waals surface area contributed by atoms with Crippen molar-refractivity contribution in [2.45, 2.75) is 58.8 Å². The van der Waals surface area contributed by atoms with Gasteiger partial charge in [0.05, 0.1) is 0 Å². The lowest BCUT2D eigenvalue weighted by atomic mass is 9.58. The van der Waals surface area contributed by atoms with Crippen LogP contribution in [0.15, 0.2) is 0 Å². The summed E-state index contributed by atoms with van der Waals surface area (Å²) in [5, 5.41) is 0. The Kier molecular flexibility index (Phi) is 4.98. The van der Waals surface area contributed by atoms with Crippen molar-refractivity contribution in [2.24, 2.45) is 17.3 Å². The van der Waals surface area contributed by atoms with Gasteiger partial charge in [-0.2, -0.15) is 0 Å². The van der Waals surface area contributed by atoms with Gasteiger partial charge in [0.1, 0.15) is 0 Å². The summed E-state index contributed by atoms with van der Waals surface area (Å²) in [6.45, 7) is 4.01. The highest BCUT2D eigenvalue weighted by Gasteiger charge is 2.49. The lowest BCUT2D eigenvalue weighted by molar-refractivity contribution is -0.173. The van der Waals surface area contributed by atoms with Crippen LogP contribution in [0, 0.1) is 17.3 Å². The molecule has 0 aliphatic carbocycles.